The molecular weight excluding hydrogens is 214 g/mol. The molecule has 1 rings (SSSR count). The number of thioether (sulfide) groups is 1. The minimum atomic E-state index is 0.485. The fraction of sp³-hybridized carbons (Fsp3) is 1.00. The lowest BCUT2D eigenvalue weighted by Gasteiger charge is -2.44. The summed E-state index contributed by atoms with van der Waals surface area (Å²) < 4.78 is 0. The first kappa shape index (κ1) is 14.4. The van der Waals surface area contributed by atoms with E-state index in [1.165, 1.54) is 44.4 Å². The van der Waals surface area contributed by atoms with Gasteiger partial charge < -0.3 is 5.32 Å². The van der Waals surface area contributed by atoms with Gasteiger partial charge in [0.1, 0.15) is 0 Å². The Bertz CT molecular complexity index is 191. The molecule has 2 unspecified atom stereocenters. The summed E-state index contributed by atoms with van der Waals surface area (Å²) in [6.45, 7) is 10.6. The van der Waals surface area contributed by atoms with Crippen LogP contribution in [-0.2, 0) is 0 Å². The van der Waals surface area contributed by atoms with Gasteiger partial charge in [0.25, 0.3) is 0 Å². The van der Waals surface area contributed by atoms with Crippen molar-refractivity contribution in [3.8, 4) is 0 Å². The lowest BCUT2D eigenvalue weighted by Crippen LogP contribution is -2.51. The molecule has 0 bridgehead atoms. The van der Waals surface area contributed by atoms with Crippen molar-refractivity contribution in [1.29, 1.82) is 0 Å². The highest BCUT2D eigenvalue weighted by molar-refractivity contribution is 7.99. The van der Waals surface area contributed by atoms with Crippen LogP contribution in [0.25, 0.3) is 0 Å². The van der Waals surface area contributed by atoms with Gasteiger partial charge in [0, 0.05) is 11.3 Å². The molecule has 2 heteroatoms. The second-order valence-electron chi connectivity index (χ2n) is 5.72. The average molecular weight is 243 g/mol. The topological polar surface area (TPSA) is 12.0 Å². The van der Waals surface area contributed by atoms with E-state index < -0.39 is 0 Å². The second kappa shape index (κ2) is 6.90. The maximum Gasteiger partial charge on any atom is 0.0237 e. The standard InChI is InChI=1S/C14H29NS/c1-5-10-15-13-12(16-11-6-2)8-7-9-14(13,3)4/h12-13,15H,5-11H2,1-4H3. The zero-order valence-corrected chi connectivity index (χ0v) is 12.3. The molecule has 0 radical (unpaired) electrons. The summed E-state index contributed by atoms with van der Waals surface area (Å²) in [5.41, 5.74) is 0.485. The summed E-state index contributed by atoms with van der Waals surface area (Å²) in [7, 11) is 0. The SMILES string of the molecule is CCCNC1C(SCCC)CCCC1(C)C. The van der Waals surface area contributed by atoms with Gasteiger partial charge in [-0.25, -0.2) is 0 Å². The molecule has 2 atom stereocenters. The molecule has 0 heterocycles. The number of hydrogen-bond acceptors (Lipinski definition) is 2. The Morgan fingerprint density at radius 2 is 2.00 bits per heavy atom. The van der Waals surface area contributed by atoms with E-state index in [0.717, 1.165) is 11.3 Å². The molecule has 0 aromatic carbocycles. The van der Waals surface area contributed by atoms with Crippen molar-refractivity contribution in [2.75, 3.05) is 12.3 Å². The quantitative estimate of drug-likeness (QED) is 0.754. The minimum absolute atomic E-state index is 0.485. The van der Waals surface area contributed by atoms with Gasteiger partial charge in [-0.3, -0.25) is 0 Å². The van der Waals surface area contributed by atoms with Crippen molar-refractivity contribution in [2.45, 2.75) is 71.1 Å². The van der Waals surface area contributed by atoms with Gasteiger partial charge >= 0.3 is 0 Å². The highest BCUT2D eigenvalue weighted by Gasteiger charge is 2.38. The molecule has 1 aliphatic carbocycles. The predicted octanol–water partition coefficient (Wildman–Crippen LogP) is 4.08. The molecule has 0 spiro atoms. The van der Waals surface area contributed by atoms with Gasteiger partial charge in [-0.15, -0.1) is 0 Å². The lowest BCUT2D eigenvalue weighted by atomic mass is 9.73. The molecule has 0 aliphatic heterocycles. The summed E-state index contributed by atoms with van der Waals surface area (Å²) in [5, 5.41) is 4.64. The van der Waals surface area contributed by atoms with E-state index in [4.69, 9.17) is 0 Å². The molecule has 0 aromatic rings. The van der Waals surface area contributed by atoms with Crippen molar-refractivity contribution in [2.24, 2.45) is 5.41 Å². The van der Waals surface area contributed by atoms with Crippen LogP contribution in [0.5, 0.6) is 0 Å². The third-order valence-corrected chi connectivity index (χ3v) is 5.25. The molecule has 0 saturated heterocycles. The third-order valence-electron chi connectivity index (χ3n) is 3.67. The van der Waals surface area contributed by atoms with Crippen molar-refractivity contribution in [1.82, 2.24) is 5.32 Å². The van der Waals surface area contributed by atoms with Gasteiger partial charge in [0.2, 0.25) is 0 Å². The van der Waals surface area contributed by atoms with Gasteiger partial charge in [-0.1, -0.05) is 34.1 Å². The lowest BCUT2D eigenvalue weighted by molar-refractivity contribution is 0.175. The monoisotopic (exact) mass is 243 g/mol. The first-order valence-corrected chi connectivity index (χ1v) is 8.01. The van der Waals surface area contributed by atoms with E-state index >= 15 is 0 Å². The summed E-state index contributed by atoms with van der Waals surface area (Å²) >= 11 is 2.20. The van der Waals surface area contributed by atoms with Crippen LogP contribution in [-0.4, -0.2) is 23.6 Å². The molecule has 0 amide bonds. The van der Waals surface area contributed by atoms with Crippen LogP contribution in [0.2, 0.25) is 0 Å². The predicted molar refractivity (Wildman–Crippen MR) is 76.3 cm³/mol. The normalized spacial score (nSPS) is 29.2. The van der Waals surface area contributed by atoms with E-state index in [0.29, 0.717) is 5.41 Å². The molecule has 1 saturated carbocycles. The maximum absolute atomic E-state index is 3.80. The zero-order chi connectivity index (χ0) is 12.0. The van der Waals surface area contributed by atoms with Crippen molar-refractivity contribution < 1.29 is 0 Å². The Morgan fingerprint density at radius 3 is 2.62 bits per heavy atom. The Balaban J connectivity index is 2.56. The molecule has 0 aromatic heterocycles. The van der Waals surface area contributed by atoms with Crippen LogP contribution in [0, 0.1) is 5.41 Å². The molecule has 1 nitrogen and oxygen atoms in total. The van der Waals surface area contributed by atoms with Crippen LogP contribution in [0.3, 0.4) is 0 Å². The molecular formula is C14H29NS. The Kier molecular flexibility index (Phi) is 6.20. The molecule has 1 fully saturated rings. The van der Waals surface area contributed by atoms with Crippen molar-refractivity contribution >= 4 is 11.8 Å². The van der Waals surface area contributed by atoms with E-state index in [9.17, 15) is 0 Å². The first-order valence-electron chi connectivity index (χ1n) is 6.96. The summed E-state index contributed by atoms with van der Waals surface area (Å²) in [5.74, 6) is 1.32. The fourth-order valence-electron chi connectivity index (χ4n) is 2.74. The van der Waals surface area contributed by atoms with Gasteiger partial charge in [-0.2, -0.15) is 11.8 Å². The number of hydrogen-bond donors (Lipinski definition) is 1. The van der Waals surface area contributed by atoms with Crippen LogP contribution < -0.4 is 5.32 Å². The van der Waals surface area contributed by atoms with Gasteiger partial charge in [-0.05, 0) is 43.4 Å². The van der Waals surface area contributed by atoms with Gasteiger partial charge in [0.05, 0.1) is 0 Å². The summed E-state index contributed by atoms with van der Waals surface area (Å²) in [6.07, 6.45) is 6.77. The second-order valence-corrected chi connectivity index (χ2v) is 7.07. The van der Waals surface area contributed by atoms with E-state index in [2.05, 4.69) is 44.8 Å². The summed E-state index contributed by atoms with van der Waals surface area (Å²) in [6, 6.07) is 0.720. The van der Waals surface area contributed by atoms with Crippen LogP contribution >= 0.6 is 11.8 Å². The number of rotatable bonds is 6. The average Bonchev–Trinajstić information content (AvgIpc) is 2.24. The van der Waals surface area contributed by atoms with E-state index in [-0.39, 0.29) is 0 Å². The smallest absolute Gasteiger partial charge is 0.0237 e. The largest absolute Gasteiger partial charge is 0.312 e. The van der Waals surface area contributed by atoms with Crippen molar-refractivity contribution in [3.63, 3.8) is 0 Å². The van der Waals surface area contributed by atoms with Crippen molar-refractivity contribution in [3.05, 3.63) is 0 Å². The summed E-state index contributed by atoms with van der Waals surface area (Å²) in [4.78, 5) is 0. The highest BCUT2D eigenvalue weighted by atomic mass is 32.2. The molecule has 1 N–H and O–H groups in total. The third kappa shape index (κ3) is 3.96. The molecule has 1 aliphatic rings. The van der Waals surface area contributed by atoms with Gasteiger partial charge in [0.15, 0.2) is 0 Å². The van der Waals surface area contributed by atoms with E-state index in [1.807, 2.05) is 0 Å². The first-order chi connectivity index (χ1) is 7.61. The highest BCUT2D eigenvalue weighted by Crippen LogP contribution is 2.40. The maximum atomic E-state index is 3.80. The van der Waals surface area contributed by atoms with Crippen LogP contribution in [0.15, 0.2) is 0 Å². The molecule has 16 heavy (non-hydrogen) atoms. The Morgan fingerprint density at radius 1 is 1.25 bits per heavy atom. The van der Waals surface area contributed by atoms with E-state index in [1.54, 1.807) is 0 Å². The Labute approximate surface area is 106 Å². The Hall–Kier alpha value is 0.310. The number of nitrogens with one attached hydrogen (secondary N) is 1. The fourth-order valence-corrected chi connectivity index (χ4v) is 4.27. The van der Waals surface area contributed by atoms with Crippen LogP contribution in [0.1, 0.15) is 59.8 Å². The molecule has 96 valence electrons. The minimum Gasteiger partial charge on any atom is -0.312 e. The van der Waals surface area contributed by atoms with Crippen LogP contribution in [0.4, 0.5) is 0 Å². The zero-order valence-electron chi connectivity index (χ0n) is 11.5.